The van der Waals surface area contributed by atoms with E-state index in [1.165, 1.54) is 0 Å². The predicted octanol–water partition coefficient (Wildman–Crippen LogP) is 8.15. The van der Waals surface area contributed by atoms with Crippen molar-refractivity contribution in [3.8, 4) is 0 Å². The predicted molar refractivity (Wildman–Crippen MR) is 162 cm³/mol. The molecule has 52 heavy (non-hydrogen) atoms. The fourth-order valence-electron chi connectivity index (χ4n) is 9.84. The van der Waals surface area contributed by atoms with E-state index in [-0.39, 0.29) is 46.9 Å². The van der Waals surface area contributed by atoms with Crippen molar-refractivity contribution < 1.29 is 115 Å². The zero-order chi connectivity index (χ0) is 39.7. The van der Waals surface area contributed by atoms with E-state index < -0.39 is 121 Å². The third-order valence-corrected chi connectivity index (χ3v) is 14.5. The zero-order valence-electron chi connectivity index (χ0n) is 30.1. The summed E-state index contributed by atoms with van der Waals surface area (Å²) in [6.45, 7) is 15.7. The number of halogens is 9. The van der Waals surface area contributed by atoms with Gasteiger partial charge in [0, 0.05) is 33.6 Å². The van der Waals surface area contributed by atoms with Crippen molar-refractivity contribution in [1.29, 1.82) is 0 Å². The number of hydrogen-bond donors (Lipinski definition) is 0. The van der Waals surface area contributed by atoms with Gasteiger partial charge in [0.2, 0.25) is 0 Å². The molecule has 0 aliphatic heterocycles. The largest absolute Gasteiger partial charge is 3.00 e. The molecular weight excluding hydrogens is 872 g/mol. The summed E-state index contributed by atoms with van der Waals surface area (Å²) < 4.78 is 112. The molecule has 0 aromatic carbocycles. The van der Waals surface area contributed by atoms with E-state index in [1.54, 1.807) is 62.3 Å². The number of alkyl halides is 9. The summed E-state index contributed by atoms with van der Waals surface area (Å²) in [5.41, 5.74) is -4.10. The molecule has 0 N–H and O–H groups in total. The van der Waals surface area contributed by atoms with Crippen LogP contribution in [0.4, 0.5) is 39.5 Å². The van der Waals surface area contributed by atoms with Gasteiger partial charge in [-0.05, 0) is 35.5 Å². The first kappa shape index (κ1) is 44.9. The van der Waals surface area contributed by atoms with Crippen LogP contribution in [-0.4, -0.2) is 53.2 Å². The van der Waals surface area contributed by atoms with E-state index in [1.807, 2.05) is 0 Å². The molecule has 0 aromatic heterocycles. The van der Waals surface area contributed by atoms with Gasteiger partial charge in [0.15, 0.2) is 0 Å². The minimum atomic E-state index is -4.94. The summed E-state index contributed by atoms with van der Waals surface area (Å²) in [5.74, 6) is -10.8. The Labute approximate surface area is 335 Å². The van der Waals surface area contributed by atoms with Gasteiger partial charge in [-0.3, -0.25) is 0 Å². The molecule has 0 heterocycles. The smallest absolute Gasteiger partial charge is 0.333 e. The second-order valence-electron chi connectivity index (χ2n) is 17.1. The molecular formula is C36H42F9O6Yb. The van der Waals surface area contributed by atoms with Crippen LogP contribution in [-0.2, 0) is 28.8 Å². The molecule has 6 atom stereocenters. The van der Waals surface area contributed by atoms with E-state index in [9.17, 15) is 68.3 Å². The Morgan fingerprint density at radius 3 is 0.750 bits per heavy atom. The van der Waals surface area contributed by atoms with Crippen LogP contribution in [0.1, 0.15) is 101 Å². The fraction of sp³-hybridized carbons (Fsp3) is 0.750. The third kappa shape index (κ3) is 6.15. The van der Waals surface area contributed by atoms with Crippen LogP contribution < -0.4 is 0 Å². The maximum Gasteiger partial charge on any atom is 3.00 e. The summed E-state index contributed by atoms with van der Waals surface area (Å²) in [6, 6.07) is 0. The normalized spacial score (nSPS) is 34.8. The van der Waals surface area contributed by atoms with E-state index in [0.717, 1.165) is 0 Å². The van der Waals surface area contributed by atoms with Crippen molar-refractivity contribution in [2.75, 3.05) is 0 Å². The van der Waals surface area contributed by atoms with E-state index in [0.29, 0.717) is 38.5 Å². The van der Waals surface area contributed by atoms with Gasteiger partial charge in [0.1, 0.15) is 17.3 Å². The molecule has 1 radical (unpaired) electrons. The Morgan fingerprint density at radius 2 is 0.635 bits per heavy atom. The number of fused-ring (bicyclic) bond motifs is 6. The van der Waals surface area contributed by atoms with Gasteiger partial charge >= 0.3 is 65.5 Å². The van der Waals surface area contributed by atoms with Gasteiger partial charge in [-0.25, -0.2) is 17.8 Å². The van der Waals surface area contributed by atoms with Crippen LogP contribution in [0, 0.1) is 115 Å². The molecule has 0 saturated heterocycles. The average molecular weight is 915 g/mol. The summed E-state index contributed by atoms with van der Waals surface area (Å²) in [7, 11) is 0. The van der Waals surface area contributed by atoms with Crippen molar-refractivity contribution in [2.45, 2.75) is 119 Å². The molecule has 6 saturated carbocycles. The average Bonchev–Trinajstić information content (AvgIpc) is 3.59. The van der Waals surface area contributed by atoms with Crippen molar-refractivity contribution in [3.05, 3.63) is 17.8 Å². The Bertz CT molecular complexity index is 1380. The van der Waals surface area contributed by atoms with Crippen LogP contribution in [0.15, 0.2) is 0 Å². The van der Waals surface area contributed by atoms with Gasteiger partial charge < -0.3 is 28.8 Å². The van der Waals surface area contributed by atoms with Crippen LogP contribution in [0.3, 0.4) is 0 Å². The molecule has 0 amide bonds. The van der Waals surface area contributed by atoms with E-state index in [4.69, 9.17) is 0 Å². The third-order valence-electron chi connectivity index (χ3n) is 14.5. The van der Waals surface area contributed by atoms with E-state index in [2.05, 4.69) is 0 Å². The number of Topliss-reactive ketones (excluding diaryl/α,β-unsaturated/α-hetero) is 6. The SMILES string of the molecule is CC12CCC([C-](C(=O)C(F)(F)F)C1=O)C2(C)C.CC12CCC([C-](C(=O)C(F)(F)F)C1=O)C2(C)C.CC12CCC([C-](C(=O)C(F)(F)F)C1=O)C2(C)C.[Yb+3]. The summed E-state index contributed by atoms with van der Waals surface area (Å²) in [5, 5.41) is 0. The van der Waals surface area contributed by atoms with Gasteiger partial charge in [0.05, 0.1) is 0 Å². The maximum absolute atomic E-state index is 12.5. The quantitative estimate of drug-likeness (QED) is 0.209. The Balaban J connectivity index is 0.000000208. The second kappa shape index (κ2) is 13.0. The van der Waals surface area contributed by atoms with Gasteiger partial charge in [-0.1, -0.05) is 81.6 Å². The maximum atomic E-state index is 12.5. The Hall–Kier alpha value is -1.48. The fourth-order valence-corrected chi connectivity index (χ4v) is 9.84. The first-order valence-electron chi connectivity index (χ1n) is 16.7. The number of rotatable bonds is 3. The van der Waals surface area contributed by atoms with Gasteiger partial charge in [-0.2, -0.15) is 39.5 Å². The monoisotopic (exact) mass is 915 g/mol. The number of hydrogen-bond acceptors (Lipinski definition) is 6. The minimum absolute atomic E-state index is 0. The van der Waals surface area contributed by atoms with Crippen LogP contribution >= 0.6 is 0 Å². The van der Waals surface area contributed by atoms with Gasteiger partial charge in [-0.15, -0.1) is 17.8 Å². The summed E-state index contributed by atoms with van der Waals surface area (Å²) in [6.07, 6.45) is -11.6. The molecule has 16 heteroatoms. The summed E-state index contributed by atoms with van der Waals surface area (Å²) >= 11 is 0. The minimum Gasteiger partial charge on any atom is -0.333 e. The Kier molecular flexibility index (Phi) is 11.3. The van der Waals surface area contributed by atoms with E-state index >= 15 is 0 Å². The zero-order valence-corrected chi connectivity index (χ0v) is 31.8. The molecule has 6 aliphatic rings. The van der Waals surface area contributed by atoms with Crippen LogP contribution in [0.2, 0.25) is 0 Å². The van der Waals surface area contributed by atoms with Crippen molar-refractivity contribution >= 4 is 34.7 Å². The number of carbonyl (C=O) groups is 6. The second-order valence-corrected chi connectivity index (χ2v) is 17.1. The molecule has 299 valence electrons. The van der Waals surface area contributed by atoms with Crippen molar-refractivity contribution in [3.63, 3.8) is 0 Å². The topological polar surface area (TPSA) is 102 Å². The molecule has 6 fully saturated rings. The number of carbonyl (C=O) groups excluding carboxylic acids is 6. The first-order chi connectivity index (χ1) is 22.6. The van der Waals surface area contributed by atoms with Crippen LogP contribution in [0.25, 0.3) is 0 Å². The Morgan fingerprint density at radius 1 is 0.462 bits per heavy atom. The van der Waals surface area contributed by atoms with Crippen molar-refractivity contribution in [1.82, 2.24) is 0 Å². The molecule has 6 aliphatic carbocycles. The van der Waals surface area contributed by atoms with Crippen LogP contribution in [0.5, 0.6) is 0 Å². The molecule has 6 bridgehead atoms. The molecule has 0 spiro atoms. The molecule has 6 nitrogen and oxygen atoms in total. The summed E-state index contributed by atoms with van der Waals surface area (Å²) in [4.78, 5) is 70.0. The molecule has 6 rings (SSSR count). The van der Waals surface area contributed by atoms with Gasteiger partial charge in [0.25, 0.3) is 0 Å². The van der Waals surface area contributed by atoms with Crippen molar-refractivity contribution in [2.24, 2.45) is 50.2 Å². The molecule has 0 aromatic rings. The molecule has 6 unspecified atom stereocenters. The number of ketones is 6. The standard InChI is InChI=1S/3C12H14F3O2.Yb/c3*1-10(2)6-4-5-11(10,3)8(16)7(6)9(17)12(13,14)15;/h3*6H,4-5H2,1-3H3;/q3*-1;+3. The first-order valence-corrected chi connectivity index (χ1v) is 16.7.